The minimum atomic E-state index is 0.438. The molecule has 0 bridgehead atoms. The molecule has 1 heterocycles. The Morgan fingerprint density at radius 1 is 1.29 bits per heavy atom. The summed E-state index contributed by atoms with van der Waals surface area (Å²) in [6, 6.07) is 3.50. The number of aromatic nitrogens is 2. The SMILES string of the molecule is CNCCCc1nc(-c2cc(Cl)c(OC)c(OC)c2)no1. The fourth-order valence-electron chi connectivity index (χ4n) is 1.94. The summed E-state index contributed by atoms with van der Waals surface area (Å²) in [4.78, 5) is 4.36. The van der Waals surface area contributed by atoms with Crippen molar-refractivity contribution in [3.05, 3.63) is 23.0 Å². The molecule has 0 amide bonds. The van der Waals surface area contributed by atoms with Crippen LogP contribution in [0.3, 0.4) is 0 Å². The Labute approximate surface area is 128 Å². The summed E-state index contributed by atoms with van der Waals surface area (Å²) in [6.45, 7) is 0.903. The molecule has 1 N–H and O–H groups in total. The highest BCUT2D eigenvalue weighted by Crippen LogP contribution is 2.38. The second-order valence-electron chi connectivity index (χ2n) is 4.41. The molecule has 2 rings (SSSR count). The van der Waals surface area contributed by atoms with Gasteiger partial charge in [-0.05, 0) is 32.1 Å². The first-order valence-electron chi connectivity index (χ1n) is 6.58. The highest BCUT2D eigenvalue weighted by molar-refractivity contribution is 6.32. The van der Waals surface area contributed by atoms with Gasteiger partial charge < -0.3 is 19.3 Å². The molecule has 0 saturated heterocycles. The molecule has 1 aromatic heterocycles. The Hall–Kier alpha value is -1.79. The van der Waals surface area contributed by atoms with Gasteiger partial charge in [0.1, 0.15) is 0 Å². The lowest BCUT2D eigenvalue weighted by atomic mass is 10.2. The van der Waals surface area contributed by atoms with Crippen LogP contribution in [0.5, 0.6) is 11.5 Å². The van der Waals surface area contributed by atoms with Crippen molar-refractivity contribution in [3.63, 3.8) is 0 Å². The number of hydrogen-bond acceptors (Lipinski definition) is 6. The first-order chi connectivity index (χ1) is 10.2. The third-order valence-corrected chi connectivity index (χ3v) is 3.26. The van der Waals surface area contributed by atoms with Gasteiger partial charge in [0.2, 0.25) is 11.7 Å². The van der Waals surface area contributed by atoms with E-state index < -0.39 is 0 Å². The highest BCUT2D eigenvalue weighted by atomic mass is 35.5. The zero-order chi connectivity index (χ0) is 15.2. The molecule has 0 aliphatic heterocycles. The van der Waals surface area contributed by atoms with Crippen LogP contribution in [0.4, 0.5) is 0 Å². The standard InChI is InChI=1S/C14H18ClN3O3/c1-16-6-4-5-12-17-14(18-21-12)9-7-10(15)13(20-3)11(8-9)19-2/h7-8,16H,4-6H2,1-3H3. The summed E-state index contributed by atoms with van der Waals surface area (Å²) in [7, 11) is 5.00. The van der Waals surface area contributed by atoms with Crippen LogP contribution in [0.2, 0.25) is 5.02 Å². The summed E-state index contributed by atoms with van der Waals surface area (Å²) < 4.78 is 15.7. The molecule has 114 valence electrons. The molecule has 21 heavy (non-hydrogen) atoms. The summed E-state index contributed by atoms with van der Waals surface area (Å²) in [5, 5.41) is 7.49. The van der Waals surface area contributed by atoms with Crippen molar-refractivity contribution in [2.75, 3.05) is 27.8 Å². The van der Waals surface area contributed by atoms with Crippen LogP contribution in [0.15, 0.2) is 16.7 Å². The second-order valence-corrected chi connectivity index (χ2v) is 4.82. The van der Waals surface area contributed by atoms with Crippen LogP contribution in [-0.4, -0.2) is 38.0 Å². The molecular formula is C14H18ClN3O3. The van der Waals surface area contributed by atoms with Gasteiger partial charge in [-0.15, -0.1) is 0 Å². The average Bonchev–Trinajstić information content (AvgIpc) is 2.95. The number of methoxy groups -OCH3 is 2. The minimum Gasteiger partial charge on any atom is -0.493 e. The number of nitrogens with zero attached hydrogens (tertiary/aromatic N) is 2. The van der Waals surface area contributed by atoms with Gasteiger partial charge in [0, 0.05) is 12.0 Å². The van der Waals surface area contributed by atoms with E-state index >= 15 is 0 Å². The Kier molecular flexibility index (Phi) is 5.41. The lowest BCUT2D eigenvalue weighted by Crippen LogP contribution is -2.08. The van der Waals surface area contributed by atoms with Crippen LogP contribution in [0.25, 0.3) is 11.4 Å². The van der Waals surface area contributed by atoms with E-state index in [1.54, 1.807) is 19.2 Å². The fourth-order valence-corrected chi connectivity index (χ4v) is 2.22. The lowest BCUT2D eigenvalue weighted by molar-refractivity contribution is 0.355. The Morgan fingerprint density at radius 3 is 2.76 bits per heavy atom. The summed E-state index contributed by atoms with van der Waals surface area (Å²) in [5.41, 5.74) is 0.723. The average molecular weight is 312 g/mol. The minimum absolute atomic E-state index is 0.438. The smallest absolute Gasteiger partial charge is 0.227 e. The first-order valence-corrected chi connectivity index (χ1v) is 6.96. The lowest BCUT2D eigenvalue weighted by Gasteiger charge is -2.10. The van der Waals surface area contributed by atoms with Crippen molar-refractivity contribution >= 4 is 11.6 Å². The topological polar surface area (TPSA) is 69.4 Å². The van der Waals surface area contributed by atoms with E-state index in [-0.39, 0.29) is 0 Å². The zero-order valence-corrected chi connectivity index (χ0v) is 13.0. The Bertz CT molecular complexity index is 601. The first kappa shape index (κ1) is 15.6. The van der Waals surface area contributed by atoms with Crippen molar-refractivity contribution in [2.45, 2.75) is 12.8 Å². The van der Waals surface area contributed by atoms with Crippen molar-refractivity contribution in [3.8, 4) is 22.9 Å². The monoisotopic (exact) mass is 311 g/mol. The highest BCUT2D eigenvalue weighted by Gasteiger charge is 2.15. The van der Waals surface area contributed by atoms with E-state index in [0.717, 1.165) is 24.9 Å². The third kappa shape index (κ3) is 3.65. The third-order valence-electron chi connectivity index (χ3n) is 2.98. The number of halogens is 1. The summed E-state index contributed by atoms with van der Waals surface area (Å²) in [5.74, 6) is 2.10. The van der Waals surface area contributed by atoms with E-state index in [0.29, 0.717) is 28.2 Å². The maximum atomic E-state index is 6.17. The molecule has 6 nitrogen and oxygen atoms in total. The van der Waals surface area contributed by atoms with E-state index in [4.69, 9.17) is 25.6 Å². The molecule has 0 unspecified atom stereocenters. The Morgan fingerprint density at radius 2 is 2.10 bits per heavy atom. The fraction of sp³-hybridized carbons (Fsp3) is 0.429. The van der Waals surface area contributed by atoms with Crippen molar-refractivity contribution < 1.29 is 14.0 Å². The van der Waals surface area contributed by atoms with Crippen LogP contribution in [-0.2, 0) is 6.42 Å². The number of nitrogens with one attached hydrogen (secondary N) is 1. The van der Waals surface area contributed by atoms with E-state index in [9.17, 15) is 0 Å². The van der Waals surface area contributed by atoms with Gasteiger partial charge in [0.05, 0.1) is 19.2 Å². The van der Waals surface area contributed by atoms with Gasteiger partial charge in [-0.25, -0.2) is 0 Å². The van der Waals surface area contributed by atoms with E-state index in [2.05, 4.69) is 15.5 Å². The largest absolute Gasteiger partial charge is 0.493 e. The number of ether oxygens (including phenoxy) is 2. The number of benzene rings is 1. The second kappa shape index (κ2) is 7.28. The summed E-state index contributed by atoms with van der Waals surface area (Å²) >= 11 is 6.17. The molecule has 0 spiro atoms. The van der Waals surface area contributed by atoms with Gasteiger partial charge in [-0.3, -0.25) is 0 Å². The van der Waals surface area contributed by atoms with Crippen LogP contribution in [0.1, 0.15) is 12.3 Å². The van der Waals surface area contributed by atoms with Crippen LogP contribution in [0, 0.1) is 0 Å². The van der Waals surface area contributed by atoms with Crippen molar-refractivity contribution in [1.82, 2.24) is 15.5 Å². The predicted molar refractivity (Wildman–Crippen MR) is 80.1 cm³/mol. The molecule has 0 aliphatic carbocycles. The molecule has 2 aromatic rings. The molecule has 7 heteroatoms. The molecule has 0 saturated carbocycles. The van der Waals surface area contributed by atoms with Crippen molar-refractivity contribution in [2.24, 2.45) is 0 Å². The van der Waals surface area contributed by atoms with Gasteiger partial charge in [0.15, 0.2) is 11.5 Å². The quantitative estimate of drug-likeness (QED) is 0.793. The zero-order valence-electron chi connectivity index (χ0n) is 12.3. The van der Waals surface area contributed by atoms with Gasteiger partial charge >= 0.3 is 0 Å². The molecular weight excluding hydrogens is 294 g/mol. The van der Waals surface area contributed by atoms with Crippen molar-refractivity contribution in [1.29, 1.82) is 0 Å². The number of rotatable bonds is 7. The predicted octanol–water partition coefficient (Wildman–Crippen LogP) is 2.56. The molecule has 0 aliphatic rings. The van der Waals surface area contributed by atoms with Crippen LogP contribution >= 0.6 is 11.6 Å². The van der Waals surface area contributed by atoms with E-state index in [1.807, 2.05) is 7.05 Å². The van der Waals surface area contributed by atoms with Gasteiger partial charge in [-0.1, -0.05) is 16.8 Å². The molecule has 0 radical (unpaired) electrons. The van der Waals surface area contributed by atoms with Gasteiger partial charge in [-0.2, -0.15) is 4.98 Å². The van der Waals surface area contributed by atoms with Crippen LogP contribution < -0.4 is 14.8 Å². The van der Waals surface area contributed by atoms with E-state index in [1.165, 1.54) is 7.11 Å². The maximum Gasteiger partial charge on any atom is 0.227 e. The molecule has 0 fully saturated rings. The Balaban J connectivity index is 2.24. The summed E-state index contributed by atoms with van der Waals surface area (Å²) in [6.07, 6.45) is 1.67. The molecule has 0 atom stereocenters. The van der Waals surface area contributed by atoms with Gasteiger partial charge in [0.25, 0.3) is 0 Å². The molecule has 1 aromatic carbocycles. The normalized spacial score (nSPS) is 10.7. The maximum absolute atomic E-state index is 6.17. The number of aryl methyl sites for hydroxylation is 1. The number of hydrogen-bond donors (Lipinski definition) is 1.